The molecule has 0 atom stereocenters. The first-order valence-corrected chi connectivity index (χ1v) is 6.71. The number of halogens is 1. The van der Waals surface area contributed by atoms with Crippen molar-refractivity contribution in [1.82, 2.24) is 0 Å². The summed E-state index contributed by atoms with van der Waals surface area (Å²) in [5.74, 6) is 0. The lowest BCUT2D eigenvalue weighted by atomic mass is 10.1. The van der Waals surface area contributed by atoms with E-state index in [1.165, 1.54) is 6.07 Å². The van der Waals surface area contributed by atoms with Crippen molar-refractivity contribution >= 4 is 21.6 Å². The van der Waals surface area contributed by atoms with Crippen LogP contribution >= 0.6 is 15.9 Å². The monoisotopic (exact) mass is 331 g/mol. The van der Waals surface area contributed by atoms with Crippen molar-refractivity contribution in [2.45, 2.75) is 32.5 Å². The van der Waals surface area contributed by atoms with Gasteiger partial charge in [0.15, 0.2) is 0 Å². The number of ether oxygens (including phenoxy) is 2. The lowest BCUT2D eigenvalue weighted by Gasteiger charge is -2.22. The van der Waals surface area contributed by atoms with Crippen molar-refractivity contribution in [2.75, 3.05) is 13.7 Å². The number of nitrogens with zero attached hydrogens (tertiary/aromatic N) is 1. The van der Waals surface area contributed by atoms with Gasteiger partial charge in [-0.1, -0.05) is 6.07 Å². The lowest BCUT2D eigenvalue weighted by molar-refractivity contribution is -0.385. The highest BCUT2D eigenvalue weighted by Gasteiger charge is 2.16. The smallest absolute Gasteiger partial charge is 0.283 e. The van der Waals surface area contributed by atoms with Gasteiger partial charge >= 0.3 is 0 Å². The van der Waals surface area contributed by atoms with Gasteiger partial charge in [0.25, 0.3) is 5.69 Å². The number of rotatable bonds is 7. The quantitative estimate of drug-likeness (QED) is 0.434. The summed E-state index contributed by atoms with van der Waals surface area (Å²) in [6.07, 6.45) is 0.766. The van der Waals surface area contributed by atoms with E-state index in [9.17, 15) is 10.1 Å². The van der Waals surface area contributed by atoms with E-state index in [-0.39, 0.29) is 11.3 Å². The molecule has 0 bridgehead atoms. The standard InChI is InChI=1S/C13H18BrNO4/c1-13(2,18-3)6-7-19-9-10-4-5-11(14)12(8-10)15(16)17/h4-5,8H,6-7,9H2,1-3H3. The van der Waals surface area contributed by atoms with E-state index in [0.717, 1.165) is 12.0 Å². The largest absolute Gasteiger partial charge is 0.379 e. The van der Waals surface area contributed by atoms with Gasteiger partial charge in [0.05, 0.1) is 21.6 Å². The fraction of sp³-hybridized carbons (Fsp3) is 0.538. The topological polar surface area (TPSA) is 61.6 Å². The zero-order valence-electron chi connectivity index (χ0n) is 11.3. The second-order valence-corrected chi connectivity index (χ2v) is 5.66. The predicted molar refractivity (Wildman–Crippen MR) is 76.2 cm³/mol. The Labute approximate surface area is 121 Å². The molecule has 0 aliphatic rings. The number of methoxy groups -OCH3 is 1. The average Bonchev–Trinajstić information content (AvgIpc) is 2.36. The third kappa shape index (κ3) is 5.26. The minimum Gasteiger partial charge on any atom is -0.379 e. The molecule has 106 valence electrons. The first kappa shape index (κ1) is 16.1. The summed E-state index contributed by atoms with van der Waals surface area (Å²) in [7, 11) is 1.66. The molecule has 5 nitrogen and oxygen atoms in total. The number of nitro benzene ring substituents is 1. The molecule has 0 aliphatic heterocycles. The van der Waals surface area contributed by atoms with Crippen LogP contribution in [0.15, 0.2) is 22.7 Å². The highest BCUT2D eigenvalue weighted by atomic mass is 79.9. The van der Waals surface area contributed by atoms with Crippen LogP contribution in [0, 0.1) is 10.1 Å². The van der Waals surface area contributed by atoms with Gasteiger partial charge in [0, 0.05) is 19.8 Å². The first-order valence-electron chi connectivity index (χ1n) is 5.91. The maximum absolute atomic E-state index is 10.8. The van der Waals surface area contributed by atoms with E-state index in [1.54, 1.807) is 19.2 Å². The summed E-state index contributed by atoms with van der Waals surface area (Å²) in [5.41, 5.74) is 0.620. The second-order valence-electron chi connectivity index (χ2n) is 4.81. The van der Waals surface area contributed by atoms with Gasteiger partial charge in [-0.25, -0.2) is 0 Å². The van der Waals surface area contributed by atoms with Crippen LogP contribution in [0.2, 0.25) is 0 Å². The third-order valence-electron chi connectivity index (χ3n) is 2.88. The highest BCUT2D eigenvalue weighted by Crippen LogP contribution is 2.26. The van der Waals surface area contributed by atoms with Crippen LogP contribution in [0.3, 0.4) is 0 Å². The van der Waals surface area contributed by atoms with E-state index >= 15 is 0 Å². The molecule has 19 heavy (non-hydrogen) atoms. The number of hydrogen-bond acceptors (Lipinski definition) is 4. The first-order chi connectivity index (χ1) is 8.85. The molecular formula is C13H18BrNO4. The summed E-state index contributed by atoms with van der Waals surface area (Å²) in [4.78, 5) is 10.4. The van der Waals surface area contributed by atoms with E-state index in [2.05, 4.69) is 15.9 Å². The summed E-state index contributed by atoms with van der Waals surface area (Å²) in [6, 6.07) is 4.99. The van der Waals surface area contributed by atoms with E-state index < -0.39 is 4.92 Å². The van der Waals surface area contributed by atoms with Crippen molar-refractivity contribution in [2.24, 2.45) is 0 Å². The summed E-state index contributed by atoms with van der Waals surface area (Å²) in [5, 5.41) is 10.8. The Morgan fingerprint density at radius 1 is 1.42 bits per heavy atom. The second kappa shape index (κ2) is 6.98. The van der Waals surface area contributed by atoms with Crippen molar-refractivity contribution in [3.05, 3.63) is 38.3 Å². The number of benzene rings is 1. The minimum atomic E-state index is -0.415. The van der Waals surface area contributed by atoms with Crippen molar-refractivity contribution in [1.29, 1.82) is 0 Å². The number of nitro groups is 1. The Bertz CT molecular complexity index is 448. The fourth-order valence-electron chi connectivity index (χ4n) is 1.40. The Hall–Kier alpha value is -0.980. The van der Waals surface area contributed by atoms with Gasteiger partial charge < -0.3 is 9.47 Å². The molecule has 0 amide bonds. The fourth-order valence-corrected chi connectivity index (χ4v) is 1.79. The summed E-state index contributed by atoms with van der Waals surface area (Å²) < 4.78 is 11.3. The summed E-state index contributed by atoms with van der Waals surface area (Å²) in [6.45, 7) is 4.88. The molecule has 0 N–H and O–H groups in total. The van der Waals surface area contributed by atoms with Crippen molar-refractivity contribution in [3.63, 3.8) is 0 Å². The van der Waals surface area contributed by atoms with Crippen LogP contribution in [0.25, 0.3) is 0 Å². The molecule has 0 aromatic heterocycles. The van der Waals surface area contributed by atoms with Gasteiger partial charge in [-0.2, -0.15) is 0 Å². The van der Waals surface area contributed by atoms with Crippen LogP contribution in [0.4, 0.5) is 5.69 Å². The van der Waals surface area contributed by atoms with E-state index in [4.69, 9.17) is 9.47 Å². The maximum atomic E-state index is 10.8. The molecule has 0 saturated heterocycles. The highest BCUT2D eigenvalue weighted by molar-refractivity contribution is 9.10. The molecule has 1 aromatic rings. The van der Waals surface area contributed by atoms with Crippen LogP contribution in [-0.4, -0.2) is 24.2 Å². The van der Waals surface area contributed by atoms with E-state index in [1.807, 2.05) is 13.8 Å². The van der Waals surface area contributed by atoms with Crippen LogP contribution < -0.4 is 0 Å². The van der Waals surface area contributed by atoms with Gasteiger partial charge in [-0.05, 0) is 47.8 Å². The lowest BCUT2D eigenvalue weighted by Crippen LogP contribution is -2.24. The van der Waals surface area contributed by atoms with Gasteiger partial charge in [0.2, 0.25) is 0 Å². The maximum Gasteiger partial charge on any atom is 0.283 e. The molecule has 0 fully saturated rings. The van der Waals surface area contributed by atoms with Crippen LogP contribution in [-0.2, 0) is 16.1 Å². The molecule has 0 radical (unpaired) electrons. The zero-order chi connectivity index (χ0) is 14.5. The molecule has 6 heteroatoms. The van der Waals surface area contributed by atoms with Crippen molar-refractivity contribution < 1.29 is 14.4 Å². The Kier molecular flexibility index (Phi) is 5.90. The zero-order valence-corrected chi connectivity index (χ0v) is 12.9. The van der Waals surface area contributed by atoms with Crippen LogP contribution in [0.5, 0.6) is 0 Å². The molecule has 1 rings (SSSR count). The van der Waals surface area contributed by atoms with Gasteiger partial charge in [-0.3, -0.25) is 10.1 Å². The molecular weight excluding hydrogens is 314 g/mol. The van der Waals surface area contributed by atoms with Crippen LogP contribution in [0.1, 0.15) is 25.8 Å². The van der Waals surface area contributed by atoms with E-state index in [0.29, 0.717) is 17.7 Å². The Morgan fingerprint density at radius 2 is 2.11 bits per heavy atom. The minimum absolute atomic E-state index is 0.0540. The number of hydrogen-bond donors (Lipinski definition) is 0. The Balaban J connectivity index is 2.50. The van der Waals surface area contributed by atoms with Gasteiger partial charge in [-0.15, -0.1) is 0 Å². The molecule has 0 unspecified atom stereocenters. The predicted octanol–water partition coefficient (Wildman–Crippen LogP) is 3.69. The Morgan fingerprint density at radius 3 is 2.68 bits per heavy atom. The molecule has 0 aliphatic carbocycles. The molecule has 1 aromatic carbocycles. The molecule has 0 heterocycles. The third-order valence-corrected chi connectivity index (χ3v) is 3.55. The van der Waals surface area contributed by atoms with Crippen molar-refractivity contribution in [3.8, 4) is 0 Å². The molecule has 0 saturated carbocycles. The van der Waals surface area contributed by atoms with Gasteiger partial charge in [0.1, 0.15) is 0 Å². The SMILES string of the molecule is COC(C)(C)CCOCc1ccc(Br)c([N+](=O)[O-])c1. The average molecular weight is 332 g/mol. The normalized spacial score (nSPS) is 11.6. The summed E-state index contributed by atoms with van der Waals surface area (Å²) >= 11 is 3.15. The molecule has 0 spiro atoms.